The van der Waals surface area contributed by atoms with Crippen LogP contribution in [0, 0.1) is 0 Å². The Morgan fingerprint density at radius 3 is 2.75 bits per heavy atom. The SMILES string of the molecule is O=C(CNCCC(=O)NC1CC1)Nc1cccc(Br)c1. The number of carbonyl (C=O) groups excluding carboxylic acids is 2. The second kappa shape index (κ2) is 7.40. The zero-order valence-corrected chi connectivity index (χ0v) is 12.7. The molecular formula is C14H18BrN3O2. The first kappa shape index (κ1) is 15.0. The molecule has 3 N–H and O–H groups in total. The summed E-state index contributed by atoms with van der Waals surface area (Å²) in [5.74, 6) is -0.0712. The van der Waals surface area contributed by atoms with Gasteiger partial charge in [-0.2, -0.15) is 0 Å². The molecule has 0 aromatic heterocycles. The predicted molar refractivity (Wildman–Crippen MR) is 81.4 cm³/mol. The molecule has 1 fully saturated rings. The third-order valence-corrected chi connectivity index (χ3v) is 3.36. The Hall–Kier alpha value is -1.40. The van der Waals surface area contributed by atoms with Gasteiger partial charge in [0.05, 0.1) is 6.54 Å². The Balaban J connectivity index is 1.58. The van der Waals surface area contributed by atoms with Gasteiger partial charge >= 0.3 is 0 Å². The molecule has 20 heavy (non-hydrogen) atoms. The summed E-state index contributed by atoms with van der Waals surface area (Å²) in [7, 11) is 0. The van der Waals surface area contributed by atoms with Gasteiger partial charge in [-0.05, 0) is 31.0 Å². The highest BCUT2D eigenvalue weighted by atomic mass is 79.9. The maximum absolute atomic E-state index is 11.7. The van der Waals surface area contributed by atoms with E-state index in [1.165, 1.54) is 0 Å². The maximum atomic E-state index is 11.7. The fourth-order valence-electron chi connectivity index (χ4n) is 1.70. The minimum Gasteiger partial charge on any atom is -0.353 e. The van der Waals surface area contributed by atoms with E-state index < -0.39 is 0 Å². The summed E-state index contributed by atoms with van der Waals surface area (Å²) < 4.78 is 0.917. The number of benzene rings is 1. The van der Waals surface area contributed by atoms with Crippen LogP contribution in [-0.2, 0) is 9.59 Å². The highest BCUT2D eigenvalue weighted by molar-refractivity contribution is 9.10. The average Bonchev–Trinajstić information content (AvgIpc) is 3.18. The number of hydrogen-bond donors (Lipinski definition) is 3. The summed E-state index contributed by atoms with van der Waals surface area (Å²) in [5.41, 5.74) is 0.748. The van der Waals surface area contributed by atoms with Crippen LogP contribution in [0.2, 0.25) is 0 Å². The normalized spacial score (nSPS) is 13.8. The first-order chi connectivity index (χ1) is 9.63. The van der Waals surface area contributed by atoms with E-state index in [9.17, 15) is 9.59 Å². The number of anilines is 1. The Morgan fingerprint density at radius 2 is 2.05 bits per heavy atom. The van der Waals surface area contributed by atoms with Crippen molar-refractivity contribution in [3.05, 3.63) is 28.7 Å². The molecule has 1 aliphatic carbocycles. The van der Waals surface area contributed by atoms with Crippen LogP contribution in [0.5, 0.6) is 0 Å². The number of carbonyl (C=O) groups is 2. The first-order valence-electron chi connectivity index (χ1n) is 6.69. The number of halogens is 1. The molecule has 0 heterocycles. The Morgan fingerprint density at radius 1 is 1.25 bits per heavy atom. The van der Waals surface area contributed by atoms with E-state index in [0.717, 1.165) is 23.0 Å². The number of rotatable bonds is 7. The zero-order chi connectivity index (χ0) is 14.4. The van der Waals surface area contributed by atoms with Gasteiger partial charge in [-0.15, -0.1) is 0 Å². The summed E-state index contributed by atoms with van der Waals surface area (Å²) in [6.07, 6.45) is 2.59. The summed E-state index contributed by atoms with van der Waals surface area (Å²) in [6, 6.07) is 7.80. The second-order valence-corrected chi connectivity index (χ2v) is 5.74. The van der Waals surface area contributed by atoms with Gasteiger partial charge in [-0.1, -0.05) is 22.0 Å². The Bertz CT molecular complexity index is 489. The number of hydrogen-bond acceptors (Lipinski definition) is 3. The van der Waals surface area contributed by atoms with Crippen molar-refractivity contribution in [2.75, 3.05) is 18.4 Å². The van der Waals surface area contributed by atoms with Crippen molar-refractivity contribution in [1.82, 2.24) is 10.6 Å². The molecule has 0 spiro atoms. The molecule has 2 rings (SSSR count). The minimum atomic E-state index is -0.120. The molecule has 5 nitrogen and oxygen atoms in total. The van der Waals surface area contributed by atoms with Gasteiger partial charge < -0.3 is 16.0 Å². The van der Waals surface area contributed by atoms with E-state index in [1.807, 2.05) is 24.3 Å². The van der Waals surface area contributed by atoms with Crippen molar-refractivity contribution in [3.8, 4) is 0 Å². The summed E-state index contributed by atoms with van der Waals surface area (Å²) in [6.45, 7) is 0.702. The molecule has 0 atom stereocenters. The molecule has 0 bridgehead atoms. The van der Waals surface area contributed by atoms with Crippen molar-refractivity contribution < 1.29 is 9.59 Å². The lowest BCUT2D eigenvalue weighted by Gasteiger charge is -2.07. The molecule has 108 valence electrons. The van der Waals surface area contributed by atoms with Gasteiger partial charge in [-0.3, -0.25) is 9.59 Å². The third-order valence-electron chi connectivity index (χ3n) is 2.87. The van der Waals surface area contributed by atoms with E-state index in [2.05, 4.69) is 31.9 Å². The molecule has 1 aromatic carbocycles. The van der Waals surface area contributed by atoms with Crippen LogP contribution in [0.25, 0.3) is 0 Å². The largest absolute Gasteiger partial charge is 0.353 e. The summed E-state index contributed by atoms with van der Waals surface area (Å²) in [4.78, 5) is 23.1. The van der Waals surface area contributed by atoms with Crippen molar-refractivity contribution in [3.63, 3.8) is 0 Å². The number of amides is 2. The van der Waals surface area contributed by atoms with Gasteiger partial charge in [0.1, 0.15) is 0 Å². The number of nitrogens with one attached hydrogen (secondary N) is 3. The average molecular weight is 340 g/mol. The van der Waals surface area contributed by atoms with Crippen LogP contribution < -0.4 is 16.0 Å². The van der Waals surface area contributed by atoms with Crippen molar-refractivity contribution in [2.24, 2.45) is 0 Å². The van der Waals surface area contributed by atoms with Gasteiger partial charge in [0, 0.05) is 29.2 Å². The van der Waals surface area contributed by atoms with Gasteiger partial charge in [0.15, 0.2) is 0 Å². The molecule has 0 unspecified atom stereocenters. The van der Waals surface area contributed by atoms with Crippen LogP contribution in [0.3, 0.4) is 0 Å². The molecule has 1 aromatic rings. The smallest absolute Gasteiger partial charge is 0.238 e. The maximum Gasteiger partial charge on any atom is 0.238 e. The van der Waals surface area contributed by atoms with Crippen LogP contribution >= 0.6 is 15.9 Å². The molecule has 1 saturated carbocycles. The lowest BCUT2D eigenvalue weighted by molar-refractivity contribution is -0.121. The molecular weight excluding hydrogens is 322 g/mol. The highest BCUT2D eigenvalue weighted by Gasteiger charge is 2.22. The van der Waals surface area contributed by atoms with E-state index >= 15 is 0 Å². The van der Waals surface area contributed by atoms with Gasteiger partial charge in [0.25, 0.3) is 0 Å². The predicted octanol–water partition coefficient (Wildman–Crippen LogP) is 1.65. The lowest BCUT2D eigenvalue weighted by Crippen LogP contribution is -2.33. The molecule has 2 amide bonds. The van der Waals surface area contributed by atoms with Crippen LogP contribution in [0.15, 0.2) is 28.7 Å². The fourth-order valence-corrected chi connectivity index (χ4v) is 2.10. The van der Waals surface area contributed by atoms with Crippen LogP contribution in [0.4, 0.5) is 5.69 Å². The summed E-state index contributed by atoms with van der Waals surface area (Å²) in [5, 5.41) is 8.64. The topological polar surface area (TPSA) is 70.2 Å². The van der Waals surface area contributed by atoms with E-state index in [0.29, 0.717) is 19.0 Å². The fraction of sp³-hybridized carbons (Fsp3) is 0.429. The minimum absolute atomic E-state index is 0.0485. The van der Waals surface area contributed by atoms with Crippen molar-refractivity contribution in [2.45, 2.75) is 25.3 Å². The lowest BCUT2D eigenvalue weighted by atomic mass is 10.3. The molecule has 0 radical (unpaired) electrons. The first-order valence-corrected chi connectivity index (χ1v) is 7.48. The quantitative estimate of drug-likeness (QED) is 0.661. The van der Waals surface area contributed by atoms with E-state index in [-0.39, 0.29) is 18.4 Å². The van der Waals surface area contributed by atoms with Crippen LogP contribution in [0.1, 0.15) is 19.3 Å². The van der Waals surface area contributed by atoms with Crippen molar-refractivity contribution >= 4 is 33.4 Å². The standard InChI is InChI=1S/C14H18BrN3O2/c15-10-2-1-3-12(8-10)18-14(20)9-16-7-6-13(19)17-11-4-5-11/h1-3,8,11,16H,4-7,9H2,(H,17,19)(H,18,20). The Kier molecular flexibility index (Phi) is 5.55. The zero-order valence-electron chi connectivity index (χ0n) is 11.1. The third kappa shape index (κ3) is 5.71. The monoisotopic (exact) mass is 339 g/mol. The molecule has 0 aliphatic heterocycles. The van der Waals surface area contributed by atoms with Crippen molar-refractivity contribution in [1.29, 1.82) is 0 Å². The van der Waals surface area contributed by atoms with E-state index in [1.54, 1.807) is 0 Å². The van der Waals surface area contributed by atoms with Crippen LogP contribution in [-0.4, -0.2) is 30.9 Å². The second-order valence-electron chi connectivity index (χ2n) is 4.83. The van der Waals surface area contributed by atoms with Gasteiger partial charge in [-0.25, -0.2) is 0 Å². The molecule has 6 heteroatoms. The molecule has 0 saturated heterocycles. The molecule has 1 aliphatic rings. The van der Waals surface area contributed by atoms with E-state index in [4.69, 9.17) is 0 Å². The summed E-state index contributed by atoms with van der Waals surface area (Å²) >= 11 is 3.35. The Labute approximate surface area is 126 Å². The highest BCUT2D eigenvalue weighted by Crippen LogP contribution is 2.18. The van der Waals surface area contributed by atoms with Gasteiger partial charge in [0.2, 0.25) is 11.8 Å².